The molecule has 3 unspecified atom stereocenters. The first-order valence-electron chi connectivity index (χ1n) is 10.5. The van der Waals surface area contributed by atoms with Gasteiger partial charge in [-0.1, -0.05) is 20.3 Å². The van der Waals surface area contributed by atoms with Crippen molar-refractivity contribution in [2.75, 3.05) is 25.0 Å². The molecule has 3 rings (SSSR count). The molecule has 0 aromatic heterocycles. The van der Waals surface area contributed by atoms with Gasteiger partial charge in [0.25, 0.3) is 5.91 Å². The van der Waals surface area contributed by atoms with Crippen LogP contribution >= 0.6 is 0 Å². The Balaban J connectivity index is 1.54. The number of benzene rings is 1. The number of hydrogen-bond acceptors (Lipinski definition) is 3. The minimum atomic E-state index is -0.131. The first-order chi connectivity index (χ1) is 13.5. The Hall–Kier alpha value is -2.37. The summed E-state index contributed by atoms with van der Waals surface area (Å²) in [5, 5.41) is 5.89. The number of anilines is 1. The van der Waals surface area contributed by atoms with Crippen LogP contribution in [0.2, 0.25) is 0 Å². The van der Waals surface area contributed by atoms with E-state index in [-0.39, 0.29) is 29.6 Å². The zero-order chi connectivity index (χ0) is 20.1. The van der Waals surface area contributed by atoms with Crippen LogP contribution in [0.3, 0.4) is 0 Å². The Morgan fingerprint density at radius 3 is 2.50 bits per heavy atom. The Bertz CT molecular complexity index is 716. The van der Waals surface area contributed by atoms with Gasteiger partial charge >= 0.3 is 0 Å². The van der Waals surface area contributed by atoms with Crippen molar-refractivity contribution in [2.45, 2.75) is 46.0 Å². The van der Waals surface area contributed by atoms with E-state index in [9.17, 15) is 14.4 Å². The number of carbonyl (C=O) groups is 3. The van der Waals surface area contributed by atoms with Gasteiger partial charge in [0, 0.05) is 36.8 Å². The molecule has 152 valence electrons. The SMILES string of the molecule is CCCCNC(=O)C1CCCN(C(=O)c2ccc(NC(=O)C3CC3C)cc2)C1. The number of nitrogens with one attached hydrogen (secondary N) is 2. The third kappa shape index (κ3) is 5.12. The molecule has 1 aliphatic carbocycles. The third-order valence-electron chi connectivity index (χ3n) is 5.75. The average molecular weight is 386 g/mol. The molecule has 2 N–H and O–H groups in total. The van der Waals surface area contributed by atoms with Gasteiger partial charge in [0.05, 0.1) is 5.92 Å². The molecule has 6 nitrogen and oxygen atoms in total. The van der Waals surface area contributed by atoms with Crippen molar-refractivity contribution in [1.82, 2.24) is 10.2 Å². The van der Waals surface area contributed by atoms with Crippen LogP contribution in [0.4, 0.5) is 5.69 Å². The zero-order valence-electron chi connectivity index (χ0n) is 16.9. The predicted molar refractivity (Wildman–Crippen MR) is 109 cm³/mol. The molecule has 0 spiro atoms. The molecule has 1 aromatic rings. The lowest BCUT2D eigenvalue weighted by molar-refractivity contribution is -0.126. The monoisotopic (exact) mass is 385 g/mol. The van der Waals surface area contributed by atoms with Gasteiger partial charge in [0.1, 0.15) is 0 Å². The van der Waals surface area contributed by atoms with E-state index in [1.54, 1.807) is 29.2 Å². The largest absolute Gasteiger partial charge is 0.356 e. The second kappa shape index (κ2) is 9.22. The standard InChI is InChI=1S/C22H31N3O3/c1-3-4-11-23-20(26)17-6-5-12-25(14-17)22(28)16-7-9-18(10-8-16)24-21(27)19-13-15(19)2/h7-10,15,17,19H,3-6,11-14H2,1-2H3,(H,23,26)(H,24,27). The first kappa shape index (κ1) is 20.4. The molecule has 1 heterocycles. The van der Waals surface area contributed by atoms with Gasteiger partial charge in [-0.2, -0.15) is 0 Å². The summed E-state index contributed by atoms with van der Waals surface area (Å²) in [5.41, 5.74) is 1.30. The lowest BCUT2D eigenvalue weighted by Crippen LogP contribution is -2.45. The van der Waals surface area contributed by atoms with Gasteiger partial charge in [0.15, 0.2) is 0 Å². The lowest BCUT2D eigenvalue weighted by atomic mass is 9.96. The fraction of sp³-hybridized carbons (Fsp3) is 0.591. The summed E-state index contributed by atoms with van der Waals surface area (Å²) in [7, 11) is 0. The number of likely N-dealkylation sites (tertiary alicyclic amines) is 1. The first-order valence-corrected chi connectivity index (χ1v) is 10.5. The van der Waals surface area contributed by atoms with Crippen LogP contribution in [0.5, 0.6) is 0 Å². The van der Waals surface area contributed by atoms with Crippen LogP contribution in [-0.2, 0) is 9.59 Å². The lowest BCUT2D eigenvalue weighted by Gasteiger charge is -2.32. The highest BCUT2D eigenvalue weighted by Crippen LogP contribution is 2.38. The molecule has 1 aromatic carbocycles. The van der Waals surface area contributed by atoms with Crippen molar-refractivity contribution >= 4 is 23.4 Å². The maximum atomic E-state index is 12.8. The van der Waals surface area contributed by atoms with E-state index in [2.05, 4.69) is 24.5 Å². The predicted octanol–water partition coefficient (Wildman–Crippen LogP) is 3.05. The van der Waals surface area contributed by atoms with Gasteiger partial charge in [0.2, 0.25) is 11.8 Å². The summed E-state index contributed by atoms with van der Waals surface area (Å²) < 4.78 is 0. The molecular formula is C22H31N3O3. The minimum absolute atomic E-state index is 0.0540. The van der Waals surface area contributed by atoms with E-state index >= 15 is 0 Å². The molecule has 1 saturated carbocycles. The van der Waals surface area contributed by atoms with E-state index in [0.29, 0.717) is 36.8 Å². The zero-order valence-corrected chi connectivity index (χ0v) is 16.9. The summed E-state index contributed by atoms with van der Waals surface area (Å²) in [6.45, 7) is 6.01. The van der Waals surface area contributed by atoms with Crippen LogP contribution in [-0.4, -0.2) is 42.3 Å². The second-order valence-corrected chi connectivity index (χ2v) is 8.12. The number of rotatable bonds is 7. The van der Waals surface area contributed by atoms with E-state index in [1.165, 1.54) is 0 Å². The quantitative estimate of drug-likeness (QED) is 0.708. The van der Waals surface area contributed by atoms with Gasteiger partial charge in [-0.15, -0.1) is 0 Å². The second-order valence-electron chi connectivity index (χ2n) is 8.12. The molecule has 1 aliphatic heterocycles. The molecule has 28 heavy (non-hydrogen) atoms. The van der Waals surface area contributed by atoms with Crippen LogP contribution in [0.1, 0.15) is 56.3 Å². The van der Waals surface area contributed by atoms with Crippen molar-refractivity contribution in [2.24, 2.45) is 17.8 Å². The van der Waals surface area contributed by atoms with E-state index in [1.807, 2.05) is 0 Å². The number of hydrogen-bond donors (Lipinski definition) is 2. The highest BCUT2D eigenvalue weighted by molar-refractivity contribution is 5.97. The van der Waals surface area contributed by atoms with Crippen LogP contribution in [0.15, 0.2) is 24.3 Å². The number of carbonyl (C=O) groups excluding carboxylic acids is 3. The van der Waals surface area contributed by atoms with Crippen molar-refractivity contribution in [3.8, 4) is 0 Å². The third-order valence-corrected chi connectivity index (χ3v) is 5.75. The molecule has 1 saturated heterocycles. The number of nitrogens with zero attached hydrogens (tertiary/aromatic N) is 1. The topological polar surface area (TPSA) is 78.5 Å². The number of amides is 3. The smallest absolute Gasteiger partial charge is 0.253 e. The Morgan fingerprint density at radius 1 is 1.14 bits per heavy atom. The summed E-state index contributed by atoms with van der Waals surface area (Å²) >= 11 is 0. The van der Waals surface area contributed by atoms with Crippen molar-refractivity contribution in [3.63, 3.8) is 0 Å². The Kier molecular flexibility index (Phi) is 6.70. The van der Waals surface area contributed by atoms with Gasteiger partial charge in [-0.05, 0) is 55.9 Å². The van der Waals surface area contributed by atoms with E-state index in [4.69, 9.17) is 0 Å². The van der Waals surface area contributed by atoms with Crippen LogP contribution < -0.4 is 10.6 Å². The summed E-state index contributed by atoms with van der Waals surface area (Å²) in [4.78, 5) is 38.9. The molecule has 0 bridgehead atoms. The maximum Gasteiger partial charge on any atom is 0.253 e. The van der Waals surface area contributed by atoms with Crippen molar-refractivity contribution in [1.29, 1.82) is 0 Å². The van der Waals surface area contributed by atoms with Crippen LogP contribution in [0, 0.1) is 17.8 Å². The fourth-order valence-electron chi connectivity index (χ4n) is 3.71. The molecule has 6 heteroatoms. The number of piperidine rings is 1. The average Bonchev–Trinajstić information content (AvgIpc) is 3.45. The normalized spacial score (nSPS) is 23.8. The molecule has 0 radical (unpaired) electrons. The molecular weight excluding hydrogens is 354 g/mol. The minimum Gasteiger partial charge on any atom is -0.356 e. The molecule has 3 amide bonds. The molecule has 2 fully saturated rings. The Morgan fingerprint density at radius 2 is 1.86 bits per heavy atom. The number of unbranched alkanes of at least 4 members (excludes halogenated alkanes) is 1. The maximum absolute atomic E-state index is 12.8. The van der Waals surface area contributed by atoms with Crippen molar-refractivity contribution in [3.05, 3.63) is 29.8 Å². The fourth-order valence-corrected chi connectivity index (χ4v) is 3.71. The summed E-state index contributed by atoms with van der Waals surface area (Å²) in [6.07, 6.45) is 4.64. The highest BCUT2D eigenvalue weighted by Gasteiger charge is 2.39. The molecule has 2 aliphatic rings. The summed E-state index contributed by atoms with van der Waals surface area (Å²) in [6, 6.07) is 7.05. The van der Waals surface area contributed by atoms with Gasteiger partial charge < -0.3 is 15.5 Å². The van der Waals surface area contributed by atoms with Crippen molar-refractivity contribution < 1.29 is 14.4 Å². The Labute approximate surface area is 167 Å². The van der Waals surface area contributed by atoms with Gasteiger partial charge in [-0.3, -0.25) is 14.4 Å². The molecule has 3 atom stereocenters. The summed E-state index contributed by atoms with van der Waals surface area (Å²) in [5.74, 6) is 0.508. The van der Waals surface area contributed by atoms with Gasteiger partial charge in [-0.25, -0.2) is 0 Å². The van der Waals surface area contributed by atoms with E-state index in [0.717, 1.165) is 32.1 Å². The highest BCUT2D eigenvalue weighted by atomic mass is 16.2. The van der Waals surface area contributed by atoms with Crippen LogP contribution in [0.25, 0.3) is 0 Å². The van der Waals surface area contributed by atoms with E-state index < -0.39 is 0 Å².